The average Bonchev–Trinajstić information content (AvgIpc) is 3.39. The van der Waals surface area contributed by atoms with E-state index in [0.717, 1.165) is 16.9 Å². The third-order valence-corrected chi connectivity index (χ3v) is 5.68. The van der Waals surface area contributed by atoms with Gasteiger partial charge in [0.2, 0.25) is 5.91 Å². The lowest BCUT2D eigenvalue weighted by molar-refractivity contribution is -0.113. The van der Waals surface area contributed by atoms with Crippen LogP contribution in [0.25, 0.3) is 16.9 Å². The second kappa shape index (κ2) is 9.23. The number of halogens is 1. The molecule has 2 aromatic carbocycles. The number of carbonyl (C=O) groups excluding carboxylic acids is 1. The van der Waals surface area contributed by atoms with Crippen LogP contribution < -0.4 is 10.1 Å². The molecule has 31 heavy (non-hydrogen) atoms. The number of amides is 1. The number of methoxy groups -OCH3 is 1. The molecule has 4 aromatic rings. The first-order valence-electron chi connectivity index (χ1n) is 9.31. The van der Waals surface area contributed by atoms with Gasteiger partial charge in [-0.25, -0.2) is 0 Å². The first-order valence-corrected chi connectivity index (χ1v) is 10.7. The lowest BCUT2D eigenvalue weighted by Gasteiger charge is -2.10. The summed E-state index contributed by atoms with van der Waals surface area (Å²) in [6, 6.07) is 16.8. The highest BCUT2D eigenvalue weighted by Crippen LogP contribution is 2.27. The molecule has 2 heterocycles. The molecule has 0 radical (unpaired) electrons. The van der Waals surface area contributed by atoms with E-state index in [0.29, 0.717) is 21.7 Å². The van der Waals surface area contributed by atoms with Gasteiger partial charge in [-0.1, -0.05) is 47.6 Å². The molecule has 0 spiro atoms. The molecule has 0 saturated carbocycles. The number of ether oxygens (including phenoxy) is 1. The molecule has 0 aliphatic carbocycles. The number of benzene rings is 2. The van der Waals surface area contributed by atoms with Crippen molar-refractivity contribution in [3.8, 4) is 22.7 Å². The minimum absolute atomic E-state index is 0.162. The van der Waals surface area contributed by atoms with Crippen LogP contribution in [0.4, 0.5) is 5.82 Å². The Hall–Kier alpha value is -3.30. The molecular weight excluding hydrogens is 436 g/mol. The molecular formula is C21H19ClN6O2S. The molecule has 0 aliphatic heterocycles. The van der Waals surface area contributed by atoms with Gasteiger partial charge in [-0.15, -0.1) is 10.2 Å². The van der Waals surface area contributed by atoms with Gasteiger partial charge >= 0.3 is 0 Å². The maximum absolute atomic E-state index is 12.5. The number of hydrogen-bond acceptors (Lipinski definition) is 6. The normalized spacial score (nSPS) is 10.8. The predicted molar refractivity (Wildman–Crippen MR) is 121 cm³/mol. The van der Waals surface area contributed by atoms with E-state index in [1.165, 1.54) is 11.8 Å². The van der Waals surface area contributed by atoms with E-state index in [2.05, 4.69) is 20.6 Å². The Morgan fingerprint density at radius 2 is 1.97 bits per heavy atom. The Balaban J connectivity index is 1.43. The fourth-order valence-electron chi connectivity index (χ4n) is 2.97. The lowest BCUT2D eigenvalue weighted by atomic mass is 10.1. The molecule has 0 atom stereocenters. The fraction of sp³-hybridized carbons (Fsp3) is 0.143. The van der Waals surface area contributed by atoms with E-state index >= 15 is 0 Å². The summed E-state index contributed by atoms with van der Waals surface area (Å²) >= 11 is 7.23. The van der Waals surface area contributed by atoms with Crippen LogP contribution in [0.1, 0.15) is 0 Å². The first-order chi connectivity index (χ1) is 15.0. The van der Waals surface area contributed by atoms with Crippen LogP contribution in [0.15, 0.2) is 66.1 Å². The summed E-state index contributed by atoms with van der Waals surface area (Å²) in [6.45, 7) is 0. The highest BCUT2D eigenvalue weighted by Gasteiger charge is 2.15. The van der Waals surface area contributed by atoms with Gasteiger partial charge in [-0.3, -0.25) is 14.0 Å². The van der Waals surface area contributed by atoms with Crippen molar-refractivity contribution < 1.29 is 9.53 Å². The van der Waals surface area contributed by atoms with E-state index < -0.39 is 0 Å². The van der Waals surface area contributed by atoms with Gasteiger partial charge in [-0.05, 0) is 24.3 Å². The molecule has 0 fully saturated rings. The monoisotopic (exact) mass is 454 g/mol. The van der Waals surface area contributed by atoms with Crippen LogP contribution in [0, 0.1) is 0 Å². The quantitative estimate of drug-likeness (QED) is 0.424. The number of rotatable bonds is 7. The fourth-order valence-corrected chi connectivity index (χ4v) is 3.82. The minimum atomic E-state index is -0.176. The van der Waals surface area contributed by atoms with Crippen LogP contribution in [0.3, 0.4) is 0 Å². The number of aromatic nitrogens is 5. The minimum Gasteiger partial charge on any atom is -0.495 e. The molecule has 2 aromatic heterocycles. The Morgan fingerprint density at radius 1 is 1.19 bits per heavy atom. The van der Waals surface area contributed by atoms with Crippen molar-refractivity contribution in [1.29, 1.82) is 0 Å². The number of thioether (sulfide) groups is 1. The van der Waals surface area contributed by atoms with Crippen molar-refractivity contribution in [1.82, 2.24) is 24.5 Å². The second-order valence-electron chi connectivity index (χ2n) is 6.54. The summed E-state index contributed by atoms with van der Waals surface area (Å²) in [5.74, 6) is 1.28. The predicted octanol–water partition coefficient (Wildman–Crippen LogP) is 4.06. The zero-order valence-electron chi connectivity index (χ0n) is 16.8. The molecule has 0 unspecified atom stereocenters. The van der Waals surface area contributed by atoms with E-state index in [4.69, 9.17) is 16.3 Å². The molecule has 1 amide bonds. The zero-order valence-corrected chi connectivity index (χ0v) is 18.4. The van der Waals surface area contributed by atoms with Gasteiger partial charge in [0, 0.05) is 23.7 Å². The second-order valence-corrected chi connectivity index (χ2v) is 7.92. The molecule has 0 saturated heterocycles. The summed E-state index contributed by atoms with van der Waals surface area (Å²) in [4.78, 5) is 12.5. The number of anilines is 1. The number of aryl methyl sites for hydroxylation is 1. The highest BCUT2D eigenvalue weighted by molar-refractivity contribution is 7.99. The molecule has 4 rings (SSSR count). The van der Waals surface area contributed by atoms with Crippen LogP contribution in [-0.4, -0.2) is 43.3 Å². The van der Waals surface area contributed by atoms with Gasteiger partial charge in [0.25, 0.3) is 0 Å². The zero-order chi connectivity index (χ0) is 21.8. The summed E-state index contributed by atoms with van der Waals surface area (Å²) in [7, 11) is 3.39. The van der Waals surface area contributed by atoms with Gasteiger partial charge in [0.05, 0.1) is 24.2 Å². The maximum Gasteiger partial charge on any atom is 0.235 e. The standard InChI is InChI=1S/C21H19ClN6O2S/c1-27-19(11-16(26-27)14-7-9-15(22)10-8-14)24-20(29)12-31-21-25-23-13-28(21)17-5-3-4-6-18(17)30-2/h3-11,13H,12H2,1-2H3,(H,24,29). The SMILES string of the molecule is COc1ccccc1-n1cnnc1SCC(=O)Nc1cc(-c2ccc(Cl)cc2)nn1C. The van der Waals surface area contributed by atoms with Crippen molar-refractivity contribution in [2.45, 2.75) is 5.16 Å². The van der Waals surface area contributed by atoms with Crippen molar-refractivity contribution in [2.75, 3.05) is 18.2 Å². The topological polar surface area (TPSA) is 86.9 Å². The summed E-state index contributed by atoms with van der Waals surface area (Å²) in [6.07, 6.45) is 1.59. The third kappa shape index (κ3) is 4.73. The van der Waals surface area contributed by atoms with Crippen molar-refractivity contribution >= 4 is 35.1 Å². The third-order valence-electron chi connectivity index (χ3n) is 4.48. The van der Waals surface area contributed by atoms with Crippen LogP contribution in [0.5, 0.6) is 5.75 Å². The first kappa shape index (κ1) is 21.0. The van der Waals surface area contributed by atoms with Crippen LogP contribution >= 0.6 is 23.4 Å². The van der Waals surface area contributed by atoms with Gasteiger partial charge < -0.3 is 10.1 Å². The van der Waals surface area contributed by atoms with Gasteiger partial charge in [-0.2, -0.15) is 5.10 Å². The van der Waals surface area contributed by atoms with Crippen LogP contribution in [0.2, 0.25) is 5.02 Å². The summed E-state index contributed by atoms with van der Waals surface area (Å²) in [5, 5.41) is 16.7. The van der Waals surface area contributed by atoms with Gasteiger partial charge in [0.1, 0.15) is 17.9 Å². The highest BCUT2D eigenvalue weighted by atomic mass is 35.5. The summed E-state index contributed by atoms with van der Waals surface area (Å²) < 4.78 is 8.83. The lowest BCUT2D eigenvalue weighted by Crippen LogP contribution is -2.16. The van der Waals surface area contributed by atoms with E-state index in [9.17, 15) is 4.79 Å². The van der Waals surface area contributed by atoms with Crippen molar-refractivity contribution in [2.24, 2.45) is 7.05 Å². The Labute approximate surface area is 188 Å². The van der Waals surface area contributed by atoms with E-state index in [-0.39, 0.29) is 11.7 Å². The summed E-state index contributed by atoms with van der Waals surface area (Å²) in [5.41, 5.74) is 2.47. The molecule has 8 nitrogen and oxygen atoms in total. The van der Waals surface area contributed by atoms with Crippen molar-refractivity contribution in [3.63, 3.8) is 0 Å². The number of para-hydroxylation sites is 2. The smallest absolute Gasteiger partial charge is 0.235 e. The average molecular weight is 455 g/mol. The Kier molecular flexibility index (Phi) is 6.24. The van der Waals surface area contributed by atoms with E-state index in [1.807, 2.05) is 42.5 Å². The molecule has 1 N–H and O–H groups in total. The number of nitrogens with zero attached hydrogens (tertiary/aromatic N) is 5. The van der Waals surface area contributed by atoms with Crippen molar-refractivity contribution in [3.05, 3.63) is 65.9 Å². The Morgan fingerprint density at radius 3 is 2.74 bits per heavy atom. The molecule has 10 heteroatoms. The van der Waals surface area contributed by atoms with E-state index in [1.54, 1.807) is 41.9 Å². The largest absolute Gasteiger partial charge is 0.495 e. The Bertz CT molecular complexity index is 1200. The molecule has 0 bridgehead atoms. The van der Waals surface area contributed by atoms with Crippen LogP contribution in [-0.2, 0) is 11.8 Å². The molecule has 158 valence electrons. The maximum atomic E-state index is 12.5. The number of nitrogens with one attached hydrogen (secondary N) is 1. The molecule has 0 aliphatic rings. The van der Waals surface area contributed by atoms with Gasteiger partial charge in [0.15, 0.2) is 5.16 Å². The number of hydrogen-bond donors (Lipinski definition) is 1. The number of carbonyl (C=O) groups is 1.